The maximum absolute atomic E-state index is 12.7. The molecule has 2 aromatic carbocycles. The average Bonchev–Trinajstić information content (AvgIpc) is 3.25. The van der Waals surface area contributed by atoms with Crippen LogP contribution in [-0.4, -0.2) is 40.2 Å². The zero-order chi connectivity index (χ0) is 20.7. The quantitative estimate of drug-likeness (QED) is 0.652. The highest BCUT2D eigenvalue weighted by molar-refractivity contribution is 7.89. The summed E-state index contributed by atoms with van der Waals surface area (Å²) in [6.07, 6.45) is 2.52. The molecule has 0 bridgehead atoms. The minimum atomic E-state index is -3.73. The lowest BCUT2D eigenvalue weighted by atomic mass is 10.2. The zero-order valence-corrected chi connectivity index (χ0v) is 17.2. The number of hydrogen-bond acceptors (Lipinski definition) is 5. The fourth-order valence-corrected chi connectivity index (χ4v) is 4.11. The Morgan fingerprint density at radius 3 is 2.79 bits per heavy atom. The highest BCUT2D eigenvalue weighted by Crippen LogP contribution is 2.25. The first-order valence-electron chi connectivity index (χ1n) is 9.74. The fourth-order valence-electron chi connectivity index (χ4n) is 3.00. The number of rotatable bonds is 9. The van der Waals surface area contributed by atoms with E-state index in [0.717, 1.165) is 19.3 Å². The van der Waals surface area contributed by atoms with Crippen LogP contribution in [0.15, 0.2) is 53.4 Å². The minimum absolute atomic E-state index is 0.0404. The van der Waals surface area contributed by atoms with Gasteiger partial charge >= 0.3 is 0 Å². The molecule has 0 aromatic heterocycles. The van der Waals surface area contributed by atoms with Crippen LogP contribution in [0, 0.1) is 0 Å². The smallest absolute Gasteiger partial charge is 0.255 e. The molecule has 29 heavy (non-hydrogen) atoms. The molecule has 1 saturated heterocycles. The van der Waals surface area contributed by atoms with Crippen LogP contribution in [0.1, 0.15) is 36.5 Å². The van der Waals surface area contributed by atoms with Crippen molar-refractivity contribution < 1.29 is 22.7 Å². The lowest BCUT2D eigenvalue weighted by Gasteiger charge is -2.13. The Bertz CT molecular complexity index is 940. The van der Waals surface area contributed by atoms with Gasteiger partial charge in [-0.15, -0.1) is 0 Å². The van der Waals surface area contributed by atoms with Crippen molar-refractivity contribution in [3.05, 3.63) is 54.1 Å². The predicted molar refractivity (Wildman–Crippen MR) is 111 cm³/mol. The second-order valence-electron chi connectivity index (χ2n) is 6.81. The van der Waals surface area contributed by atoms with Gasteiger partial charge in [-0.05, 0) is 49.6 Å². The highest BCUT2D eigenvalue weighted by Gasteiger charge is 2.21. The Morgan fingerprint density at radius 2 is 2.03 bits per heavy atom. The van der Waals surface area contributed by atoms with Gasteiger partial charge in [0.15, 0.2) is 0 Å². The van der Waals surface area contributed by atoms with Crippen molar-refractivity contribution >= 4 is 21.6 Å². The van der Waals surface area contributed by atoms with E-state index in [1.54, 1.807) is 30.3 Å². The Kier molecular flexibility index (Phi) is 7.24. The maximum atomic E-state index is 12.7. The molecule has 0 spiro atoms. The number of anilines is 1. The number of sulfonamides is 1. The summed E-state index contributed by atoms with van der Waals surface area (Å²) in [5.41, 5.74) is 0.783. The topological polar surface area (TPSA) is 93.7 Å². The molecule has 1 aliphatic heterocycles. The van der Waals surface area contributed by atoms with E-state index in [-0.39, 0.29) is 23.1 Å². The third-order valence-electron chi connectivity index (χ3n) is 4.53. The number of para-hydroxylation sites is 2. The monoisotopic (exact) mass is 418 g/mol. The second kappa shape index (κ2) is 9.87. The van der Waals surface area contributed by atoms with Gasteiger partial charge in [0.1, 0.15) is 5.75 Å². The number of nitrogens with one attached hydrogen (secondary N) is 2. The molecule has 3 rings (SSSR count). The molecule has 7 nitrogen and oxygen atoms in total. The second-order valence-corrected chi connectivity index (χ2v) is 8.58. The summed E-state index contributed by atoms with van der Waals surface area (Å²) in [6.45, 7) is 3.42. The molecular weight excluding hydrogens is 392 g/mol. The maximum Gasteiger partial charge on any atom is 0.255 e. The fraction of sp³-hybridized carbons (Fsp3) is 0.381. The number of amides is 1. The van der Waals surface area contributed by atoms with Crippen LogP contribution in [0.3, 0.4) is 0 Å². The van der Waals surface area contributed by atoms with E-state index < -0.39 is 15.9 Å². The van der Waals surface area contributed by atoms with Crippen molar-refractivity contribution in [1.29, 1.82) is 0 Å². The van der Waals surface area contributed by atoms with Crippen LogP contribution in [0.5, 0.6) is 5.75 Å². The Labute approximate surface area is 171 Å². The van der Waals surface area contributed by atoms with Crippen molar-refractivity contribution in [2.45, 2.75) is 37.2 Å². The van der Waals surface area contributed by atoms with Gasteiger partial charge in [-0.1, -0.05) is 25.1 Å². The van der Waals surface area contributed by atoms with Crippen LogP contribution >= 0.6 is 0 Å². The summed E-state index contributed by atoms with van der Waals surface area (Å²) in [5, 5.41) is 2.79. The van der Waals surface area contributed by atoms with E-state index in [1.807, 2.05) is 13.0 Å². The highest BCUT2D eigenvalue weighted by atomic mass is 32.2. The summed E-state index contributed by atoms with van der Waals surface area (Å²) in [4.78, 5) is 12.7. The number of carbonyl (C=O) groups is 1. The van der Waals surface area contributed by atoms with Crippen LogP contribution in [0.4, 0.5) is 5.69 Å². The average molecular weight is 419 g/mol. The Balaban J connectivity index is 1.71. The number of carbonyl (C=O) groups excluding carboxylic acids is 1. The lowest BCUT2D eigenvalue weighted by Crippen LogP contribution is -2.32. The molecule has 156 valence electrons. The SMILES string of the molecule is CCCOc1ccccc1NC(=O)c1cccc(S(=O)(=O)NCC2CCCO2)c1. The number of benzene rings is 2. The molecule has 1 fully saturated rings. The minimum Gasteiger partial charge on any atom is -0.491 e. The molecule has 1 aliphatic rings. The Hall–Kier alpha value is -2.42. The van der Waals surface area contributed by atoms with Crippen LogP contribution in [-0.2, 0) is 14.8 Å². The van der Waals surface area contributed by atoms with Gasteiger partial charge in [-0.2, -0.15) is 0 Å². The van der Waals surface area contributed by atoms with E-state index >= 15 is 0 Å². The molecule has 1 amide bonds. The van der Waals surface area contributed by atoms with Gasteiger partial charge in [0.25, 0.3) is 5.91 Å². The lowest BCUT2D eigenvalue weighted by molar-refractivity contribution is 0.102. The van der Waals surface area contributed by atoms with Crippen molar-refractivity contribution in [2.24, 2.45) is 0 Å². The van der Waals surface area contributed by atoms with Crippen molar-refractivity contribution in [1.82, 2.24) is 4.72 Å². The van der Waals surface area contributed by atoms with Gasteiger partial charge in [0.05, 0.1) is 23.3 Å². The number of hydrogen-bond donors (Lipinski definition) is 2. The van der Waals surface area contributed by atoms with Gasteiger partial charge in [-0.3, -0.25) is 4.79 Å². The summed E-state index contributed by atoms with van der Waals surface area (Å²) >= 11 is 0. The third-order valence-corrected chi connectivity index (χ3v) is 5.95. The van der Waals surface area contributed by atoms with Gasteiger partial charge in [-0.25, -0.2) is 13.1 Å². The summed E-state index contributed by atoms with van der Waals surface area (Å²) in [6, 6.07) is 13.1. The Morgan fingerprint density at radius 1 is 1.21 bits per heavy atom. The van der Waals surface area contributed by atoms with Crippen LogP contribution in [0.25, 0.3) is 0 Å². The molecule has 2 N–H and O–H groups in total. The van der Waals surface area contributed by atoms with Gasteiger partial charge in [0, 0.05) is 18.7 Å². The zero-order valence-electron chi connectivity index (χ0n) is 16.4. The van der Waals surface area contributed by atoms with E-state index in [2.05, 4.69) is 10.0 Å². The first kappa shape index (κ1) is 21.3. The van der Waals surface area contributed by atoms with E-state index in [0.29, 0.717) is 24.7 Å². The van der Waals surface area contributed by atoms with Gasteiger partial charge < -0.3 is 14.8 Å². The molecule has 1 unspecified atom stereocenters. The molecule has 8 heteroatoms. The molecule has 1 heterocycles. The summed E-state index contributed by atoms with van der Waals surface area (Å²) in [5.74, 6) is 0.165. The van der Waals surface area contributed by atoms with Gasteiger partial charge in [0.2, 0.25) is 10.0 Å². The van der Waals surface area contributed by atoms with E-state index in [9.17, 15) is 13.2 Å². The van der Waals surface area contributed by atoms with Crippen molar-refractivity contribution in [2.75, 3.05) is 25.1 Å². The normalized spacial score (nSPS) is 16.5. The molecule has 0 aliphatic carbocycles. The predicted octanol–water partition coefficient (Wildman–Crippen LogP) is 3.19. The molecule has 0 saturated carbocycles. The molecule has 1 atom stereocenters. The summed E-state index contributed by atoms with van der Waals surface area (Å²) < 4.78 is 38.8. The largest absolute Gasteiger partial charge is 0.491 e. The van der Waals surface area contributed by atoms with Crippen molar-refractivity contribution in [3.8, 4) is 5.75 Å². The van der Waals surface area contributed by atoms with Crippen LogP contribution < -0.4 is 14.8 Å². The third kappa shape index (κ3) is 5.79. The van der Waals surface area contributed by atoms with E-state index in [1.165, 1.54) is 12.1 Å². The molecule has 2 aromatic rings. The first-order chi connectivity index (χ1) is 14.0. The first-order valence-corrected chi connectivity index (χ1v) is 11.2. The van der Waals surface area contributed by atoms with Crippen molar-refractivity contribution in [3.63, 3.8) is 0 Å². The summed E-state index contributed by atoms with van der Waals surface area (Å²) in [7, 11) is -3.73. The standard InChI is InChI=1S/C21H26N2O5S/c1-2-12-28-20-11-4-3-10-19(20)23-21(24)16-7-5-9-18(14-16)29(25,26)22-15-17-8-6-13-27-17/h3-5,7,9-11,14,17,22H,2,6,8,12-13,15H2,1H3,(H,23,24). The number of ether oxygens (including phenoxy) is 2. The van der Waals surface area contributed by atoms with Crippen LogP contribution in [0.2, 0.25) is 0 Å². The molecular formula is C21H26N2O5S. The molecule has 0 radical (unpaired) electrons. The van der Waals surface area contributed by atoms with E-state index in [4.69, 9.17) is 9.47 Å².